The second-order valence-electron chi connectivity index (χ2n) is 4.43. The summed E-state index contributed by atoms with van der Waals surface area (Å²) in [4.78, 5) is 15.1. The van der Waals surface area contributed by atoms with Crippen molar-refractivity contribution in [2.24, 2.45) is 0 Å². The number of para-hydroxylation sites is 1. The maximum atomic E-state index is 12.1. The lowest BCUT2D eigenvalue weighted by Crippen LogP contribution is -2.58. The molecule has 2 aromatic carbocycles. The van der Waals surface area contributed by atoms with Gasteiger partial charge in [0.25, 0.3) is 5.91 Å². The highest BCUT2D eigenvalue weighted by molar-refractivity contribution is 5.95. The molecule has 0 aromatic heterocycles. The summed E-state index contributed by atoms with van der Waals surface area (Å²) in [5, 5.41) is 11.3. The van der Waals surface area contributed by atoms with E-state index in [-0.39, 0.29) is 5.91 Å². The molecule has 0 fully saturated rings. The maximum Gasteiger partial charge on any atom is 0.287 e. The van der Waals surface area contributed by atoms with E-state index >= 15 is 0 Å². The number of nitrogens with one attached hydrogen (secondary N) is 1. The molecule has 0 aliphatic heterocycles. The summed E-state index contributed by atoms with van der Waals surface area (Å²) in [7, 11) is 1.07. The smallest absolute Gasteiger partial charge is 0.287 e. The average molecular weight is 288 g/mol. The van der Waals surface area contributed by atoms with Gasteiger partial charge in [-0.05, 0) is 18.6 Å². The SMILES string of the molecule is CO[O-].Cc1ccccc1NC(=O)[C@H]([NH3+])c1ccccc1. The number of hydrogen-bond donors (Lipinski definition) is 2. The number of carbonyl (C=O) groups is 1. The van der Waals surface area contributed by atoms with E-state index in [2.05, 4.69) is 15.9 Å². The number of amides is 1. The zero-order valence-electron chi connectivity index (χ0n) is 12.2. The minimum atomic E-state index is -0.397. The van der Waals surface area contributed by atoms with Gasteiger partial charge in [-0.2, -0.15) is 0 Å². The van der Waals surface area contributed by atoms with Crippen LogP contribution in [0.4, 0.5) is 5.69 Å². The molecule has 0 heterocycles. The lowest BCUT2D eigenvalue weighted by atomic mass is 10.1. The first-order valence-corrected chi connectivity index (χ1v) is 6.50. The largest absolute Gasteiger partial charge is 0.724 e. The van der Waals surface area contributed by atoms with Crippen LogP contribution in [-0.2, 0) is 9.68 Å². The van der Waals surface area contributed by atoms with Gasteiger partial charge in [-0.25, -0.2) is 0 Å². The fraction of sp³-hybridized carbons (Fsp3) is 0.188. The molecule has 0 saturated heterocycles. The summed E-state index contributed by atoms with van der Waals surface area (Å²) in [5.74, 6) is -0.0875. The maximum absolute atomic E-state index is 12.1. The Bertz CT molecular complexity index is 558. The number of carbonyl (C=O) groups excluding carboxylic acids is 1. The van der Waals surface area contributed by atoms with Crippen molar-refractivity contribution in [3.8, 4) is 0 Å². The molecule has 21 heavy (non-hydrogen) atoms. The Kier molecular flexibility index (Phi) is 7.11. The molecule has 5 nitrogen and oxygen atoms in total. The van der Waals surface area contributed by atoms with Crippen molar-refractivity contribution in [1.82, 2.24) is 0 Å². The van der Waals surface area contributed by atoms with Crippen molar-refractivity contribution < 1.29 is 20.7 Å². The summed E-state index contributed by atoms with van der Waals surface area (Å²) >= 11 is 0. The molecular formula is C16H20N2O3. The zero-order chi connectivity index (χ0) is 15.7. The van der Waals surface area contributed by atoms with Crippen LogP contribution in [0, 0.1) is 6.92 Å². The van der Waals surface area contributed by atoms with Gasteiger partial charge in [0.15, 0.2) is 6.04 Å². The minimum absolute atomic E-state index is 0.0875. The summed E-state index contributed by atoms with van der Waals surface area (Å²) in [6.45, 7) is 1.97. The fourth-order valence-electron chi connectivity index (χ4n) is 1.77. The van der Waals surface area contributed by atoms with E-state index in [9.17, 15) is 4.79 Å². The third-order valence-electron chi connectivity index (χ3n) is 2.92. The van der Waals surface area contributed by atoms with Gasteiger partial charge in [-0.1, -0.05) is 48.5 Å². The van der Waals surface area contributed by atoms with Gasteiger partial charge in [0.1, 0.15) is 0 Å². The highest BCUT2D eigenvalue weighted by Gasteiger charge is 2.19. The predicted octanol–water partition coefficient (Wildman–Crippen LogP) is 0.825. The van der Waals surface area contributed by atoms with Crippen molar-refractivity contribution in [3.63, 3.8) is 0 Å². The predicted molar refractivity (Wildman–Crippen MR) is 78.9 cm³/mol. The number of anilines is 1. The quantitative estimate of drug-likeness (QED) is 0.647. The Morgan fingerprint density at radius 1 is 1.14 bits per heavy atom. The van der Waals surface area contributed by atoms with Crippen LogP contribution in [0.3, 0.4) is 0 Å². The van der Waals surface area contributed by atoms with Crippen LogP contribution in [0.15, 0.2) is 54.6 Å². The second kappa shape index (κ2) is 8.86. The summed E-state index contributed by atoms with van der Waals surface area (Å²) in [6.07, 6.45) is 0. The third kappa shape index (κ3) is 5.35. The van der Waals surface area contributed by atoms with Crippen LogP contribution in [-0.4, -0.2) is 13.0 Å². The third-order valence-corrected chi connectivity index (χ3v) is 2.92. The molecular weight excluding hydrogens is 268 g/mol. The first-order chi connectivity index (χ1) is 10.1. The molecule has 1 atom stereocenters. The van der Waals surface area contributed by atoms with Crippen LogP contribution in [0.25, 0.3) is 0 Å². The molecule has 0 unspecified atom stereocenters. The van der Waals surface area contributed by atoms with Gasteiger partial charge < -0.3 is 21.2 Å². The van der Waals surface area contributed by atoms with E-state index in [1.807, 2.05) is 61.5 Å². The lowest BCUT2D eigenvalue weighted by Gasteiger charge is -2.11. The topological polar surface area (TPSA) is 89.0 Å². The molecule has 0 spiro atoms. The number of aryl methyl sites for hydroxylation is 1. The van der Waals surface area contributed by atoms with E-state index in [1.54, 1.807) is 0 Å². The monoisotopic (exact) mass is 288 g/mol. The average Bonchev–Trinajstić information content (AvgIpc) is 2.50. The van der Waals surface area contributed by atoms with Crippen LogP contribution >= 0.6 is 0 Å². The van der Waals surface area contributed by atoms with Crippen molar-refractivity contribution in [1.29, 1.82) is 0 Å². The van der Waals surface area contributed by atoms with E-state index in [4.69, 9.17) is 5.26 Å². The van der Waals surface area contributed by atoms with Gasteiger partial charge in [-0.3, -0.25) is 4.79 Å². The molecule has 2 rings (SSSR count). The van der Waals surface area contributed by atoms with Crippen molar-refractivity contribution >= 4 is 11.6 Å². The normalized spacial score (nSPS) is 11.0. The molecule has 0 radical (unpaired) electrons. The van der Waals surface area contributed by atoms with E-state index in [0.29, 0.717) is 0 Å². The van der Waals surface area contributed by atoms with Gasteiger partial charge >= 0.3 is 0 Å². The van der Waals surface area contributed by atoms with Gasteiger partial charge in [-0.15, -0.1) is 0 Å². The molecule has 4 N–H and O–H groups in total. The van der Waals surface area contributed by atoms with Crippen molar-refractivity contribution in [2.45, 2.75) is 13.0 Å². The molecule has 0 saturated carbocycles. The molecule has 0 bridgehead atoms. The highest BCUT2D eigenvalue weighted by Crippen LogP contribution is 2.16. The number of rotatable bonds is 3. The first kappa shape index (κ1) is 16.8. The summed E-state index contributed by atoms with van der Waals surface area (Å²) in [5.41, 5.74) is 6.73. The molecule has 0 aliphatic rings. The Balaban J connectivity index is 0.000000677. The molecule has 112 valence electrons. The number of hydrogen-bond acceptors (Lipinski definition) is 3. The Morgan fingerprint density at radius 2 is 1.67 bits per heavy atom. The standard InChI is InChI=1S/C15H16N2O.CH4O2/c1-11-7-5-6-10-13(11)17-15(18)14(16)12-8-3-2-4-9-12;1-3-2/h2-10,14H,16H2,1H3,(H,17,18);2H,1H3/t14-;/m1./s1. The number of benzene rings is 2. The van der Waals surface area contributed by atoms with E-state index < -0.39 is 6.04 Å². The van der Waals surface area contributed by atoms with Gasteiger partial charge in [0, 0.05) is 18.4 Å². The highest BCUT2D eigenvalue weighted by atomic mass is 17.1. The number of quaternary nitrogens is 1. The molecule has 1 amide bonds. The molecule has 2 aromatic rings. The van der Waals surface area contributed by atoms with Crippen molar-refractivity contribution in [2.75, 3.05) is 12.4 Å². The fourth-order valence-corrected chi connectivity index (χ4v) is 1.77. The Hall–Kier alpha value is -2.21. The van der Waals surface area contributed by atoms with Crippen LogP contribution in [0.1, 0.15) is 17.2 Å². The van der Waals surface area contributed by atoms with Gasteiger partial charge in [0.05, 0.1) is 0 Å². The van der Waals surface area contributed by atoms with E-state index in [1.165, 1.54) is 0 Å². The van der Waals surface area contributed by atoms with Crippen LogP contribution < -0.4 is 16.3 Å². The molecule has 0 aliphatic carbocycles. The molecule has 5 heteroatoms. The van der Waals surface area contributed by atoms with Crippen molar-refractivity contribution in [3.05, 3.63) is 65.7 Å². The van der Waals surface area contributed by atoms with Gasteiger partial charge in [0.2, 0.25) is 0 Å². The second-order valence-corrected chi connectivity index (χ2v) is 4.43. The lowest BCUT2D eigenvalue weighted by molar-refractivity contribution is -0.679. The Morgan fingerprint density at radius 3 is 2.24 bits per heavy atom. The summed E-state index contributed by atoms with van der Waals surface area (Å²) < 4.78 is 0. The van der Waals surface area contributed by atoms with Crippen LogP contribution in [0.5, 0.6) is 0 Å². The summed E-state index contributed by atoms with van der Waals surface area (Å²) in [6, 6.07) is 16.9. The van der Waals surface area contributed by atoms with E-state index in [0.717, 1.165) is 23.9 Å². The first-order valence-electron chi connectivity index (χ1n) is 6.50. The minimum Gasteiger partial charge on any atom is -0.724 e. The zero-order valence-corrected chi connectivity index (χ0v) is 12.2. The van der Waals surface area contributed by atoms with Crippen LogP contribution in [0.2, 0.25) is 0 Å². The Labute approximate surface area is 124 Å².